The standard InChI is InChI=1S/C21H36N3O4S/c1-6-8-9-10-14-27-19-18(22-29-23-19)17-12-11-13-24(5,15-17)20(16(3)4)28-21(25)26-7-2/h12,16,20H,6-11,13-15H2,1-5H3/q+1. The van der Waals surface area contributed by atoms with Gasteiger partial charge in [0.15, 0.2) is 0 Å². The summed E-state index contributed by atoms with van der Waals surface area (Å²) in [7, 11) is 2.13. The van der Waals surface area contributed by atoms with E-state index in [2.05, 4.69) is 42.6 Å². The van der Waals surface area contributed by atoms with Crippen LogP contribution in [0.3, 0.4) is 0 Å². The molecule has 0 aromatic carbocycles. The monoisotopic (exact) mass is 426 g/mol. The number of hydrogen-bond donors (Lipinski definition) is 0. The van der Waals surface area contributed by atoms with Gasteiger partial charge in [0.25, 0.3) is 5.88 Å². The summed E-state index contributed by atoms with van der Waals surface area (Å²) in [6, 6.07) is 0. The van der Waals surface area contributed by atoms with Crippen LogP contribution in [-0.4, -0.2) is 59.0 Å². The van der Waals surface area contributed by atoms with Crippen LogP contribution in [-0.2, 0) is 9.47 Å². The van der Waals surface area contributed by atoms with Gasteiger partial charge in [-0.2, -0.15) is 4.37 Å². The molecule has 29 heavy (non-hydrogen) atoms. The highest BCUT2D eigenvalue weighted by atomic mass is 32.1. The Morgan fingerprint density at radius 1 is 1.24 bits per heavy atom. The zero-order chi connectivity index (χ0) is 21.3. The smallest absolute Gasteiger partial charge is 0.475 e. The molecular formula is C21H36N3O4S+. The maximum absolute atomic E-state index is 12.0. The van der Waals surface area contributed by atoms with Gasteiger partial charge in [-0.1, -0.05) is 46.1 Å². The lowest BCUT2D eigenvalue weighted by Crippen LogP contribution is -2.58. The van der Waals surface area contributed by atoms with Crippen LogP contribution in [0.1, 0.15) is 65.5 Å². The third-order valence-electron chi connectivity index (χ3n) is 5.23. The minimum Gasteiger partial charge on any atom is -0.475 e. The van der Waals surface area contributed by atoms with E-state index in [0.29, 0.717) is 30.1 Å². The molecule has 0 saturated heterocycles. The lowest BCUT2D eigenvalue weighted by atomic mass is 10.0. The Kier molecular flexibility index (Phi) is 9.36. The van der Waals surface area contributed by atoms with E-state index in [0.717, 1.165) is 30.7 Å². The first kappa shape index (κ1) is 23.6. The van der Waals surface area contributed by atoms with Crippen molar-refractivity contribution in [2.45, 2.75) is 66.0 Å². The molecule has 0 spiro atoms. The Hall–Kier alpha value is -1.67. The second-order valence-electron chi connectivity index (χ2n) is 8.14. The van der Waals surface area contributed by atoms with E-state index < -0.39 is 6.16 Å². The molecule has 2 atom stereocenters. The van der Waals surface area contributed by atoms with Gasteiger partial charge >= 0.3 is 6.16 Å². The van der Waals surface area contributed by atoms with E-state index in [9.17, 15) is 4.79 Å². The predicted molar refractivity (Wildman–Crippen MR) is 115 cm³/mol. The molecule has 0 aliphatic carbocycles. The molecular weight excluding hydrogens is 390 g/mol. The molecule has 2 unspecified atom stereocenters. The Bertz CT molecular complexity index is 677. The molecule has 1 aromatic heterocycles. The van der Waals surface area contributed by atoms with Gasteiger partial charge in [0.2, 0.25) is 6.23 Å². The lowest BCUT2D eigenvalue weighted by molar-refractivity contribution is -0.950. The Balaban J connectivity index is 2.08. The molecule has 2 heterocycles. The van der Waals surface area contributed by atoms with E-state index in [1.807, 2.05) is 0 Å². The van der Waals surface area contributed by atoms with Crippen molar-refractivity contribution >= 4 is 23.5 Å². The predicted octanol–water partition coefficient (Wildman–Crippen LogP) is 4.89. The molecule has 1 aromatic rings. The van der Waals surface area contributed by atoms with Crippen molar-refractivity contribution in [1.82, 2.24) is 8.75 Å². The van der Waals surface area contributed by atoms with Crippen LogP contribution in [0.4, 0.5) is 4.79 Å². The van der Waals surface area contributed by atoms with Gasteiger partial charge in [0.05, 0.1) is 38.5 Å². The minimum atomic E-state index is -0.604. The number of quaternary nitrogens is 1. The van der Waals surface area contributed by atoms with E-state index in [1.165, 1.54) is 31.0 Å². The largest absolute Gasteiger partial charge is 0.512 e. The normalized spacial score (nSPS) is 20.3. The second kappa shape index (κ2) is 11.5. The van der Waals surface area contributed by atoms with Gasteiger partial charge in [-0.25, -0.2) is 4.79 Å². The number of carbonyl (C=O) groups excluding carboxylic acids is 1. The van der Waals surface area contributed by atoms with Crippen LogP contribution in [0.2, 0.25) is 0 Å². The highest BCUT2D eigenvalue weighted by Gasteiger charge is 2.41. The van der Waals surface area contributed by atoms with Crippen LogP contribution in [0.25, 0.3) is 5.57 Å². The number of likely N-dealkylation sites (N-methyl/N-ethyl adjacent to an activating group) is 1. The van der Waals surface area contributed by atoms with Crippen LogP contribution in [0, 0.1) is 5.92 Å². The molecule has 0 fully saturated rings. The number of hydrogen-bond acceptors (Lipinski definition) is 7. The van der Waals surface area contributed by atoms with Crippen LogP contribution < -0.4 is 4.74 Å². The average Bonchev–Trinajstić information content (AvgIpc) is 3.14. The maximum Gasteiger partial charge on any atom is 0.512 e. The van der Waals surface area contributed by atoms with Crippen LogP contribution >= 0.6 is 11.7 Å². The third-order valence-corrected chi connectivity index (χ3v) is 5.74. The molecule has 164 valence electrons. The van der Waals surface area contributed by atoms with Gasteiger partial charge in [-0.3, -0.25) is 4.48 Å². The average molecular weight is 427 g/mol. The highest BCUT2D eigenvalue weighted by Crippen LogP contribution is 2.33. The fraction of sp³-hybridized carbons (Fsp3) is 0.762. The summed E-state index contributed by atoms with van der Waals surface area (Å²) in [6.07, 6.45) is 6.83. The summed E-state index contributed by atoms with van der Waals surface area (Å²) < 4.78 is 26.1. The number of carbonyl (C=O) groups is 1. The molecule has 0 radical (unpaired) electrons. The third kappa shape index (κ3) is 6.67. The molecule has 0 amide bonds. The van der Waals surface area contributed by atoms with Crippen molar-refractivity contribution in [2.24, 2.45) is 5.92 Å². The molecule has 8 heteroatoms. The summed E-state index contributed by atoms with van der Waals surface area (Å²) in [6.45, 7) is 10.7. The van der Waals surface area contributed by atoms with Crippen molar-refractivity contribution in [3.63, 3.8) is 0 Å². The molecule has 0 saturated carbocycles. The lowest BCUT2D eigenvalue weighted by Gasteiger charge is -2.44. The summed E-state index contributed by atoms with van der Waals surface area (Å²) in [5, 5.41) is 0. The highest BCUT2D eigenvalue weighted by molar-refractivity contribution is 6.99. The van der Waals surface area contributed by atoms with Crippen molar-refractivity contribution in [3.05, 3.63) is 11.8 Å². The quantitative estimate of drug-likeness (QED) is 0.285. The van der Waals surface area contributed by atoms with Crippen LogP contribution in [0.15, 0.2) is 6.08 Å². The number of nitrogens with zero attached hydrogens (tertiary/aromatic N) is 3. The zero-order valence-corrected chi connectivity index (χ0v) is 19.3. The fourth-order valence-electron chi connectivity index (χ4n) is 3.86. The zero-order valence-electron chi connectivity index (χ0n) is 18.5. The summed E-state index contributed by atoms with van der Waals surface area (Å²) in [5.41, 5.74) is 1.93. The number of aromatic nitrogens is 2. The van der Waals surface area contributed by atoms with E-state index in [4.69, 9.17) is 14.2 Å². The van der Waals surface area contributed by atoms with Gasteiger partial charge in [0, 0.05) is 17.9 Å². The van der Waals surface area contributed by atoms with Crippen LogP contribution in [0.5, 0.6) is 5.88 Å². The van der Waals surface area contributed by atoms with Crippen molar-refractivity contribution in [3.8, 4) is 5.88 Å². The molecule has 2 rings (SSSR count). The van der Waals surface area contributed by atoms with Crippen molar-refractivity contribution in [2.75, 3.05) is 33.4 Å². The summed E-state index contributed by atoms with van der Waals surface area (Å²) >= 11 is 1.18. The van der Waals surface area contributed by atoms with E-state index in [-0.39, 0.29) is 12.1 Å². The minimum absolute atomic E-state index is 0.159. The summed E-state index contributed by atoms with van der Waals surface area (Å²) in [4.78, 5) is 12.0. The maximum atomic E-state index is 12.0. The van der Waals surface area contributed by atoms with Gasteiger partial charge in [0.1, 0.15) is 12.2 Å². The first-order chi connectivity index (χ1) is 13.9. The topological polar surface area (TPSA) is 70.5 Å². The van der Waals surface area contributed by atoms with Gasteiger partial charge < -0.3 is 14.2 Å². The first-order valence-electron chi connectivity index (χ1n) is 10.7. The first-order valence-corrected chi connectivity index (χ1v) is 11.5. The number of ether oxygens (including phenoxy) is 3. The molecule has 0 bridgehead atoms. The van der Waals surface area contributed by atoms with Crippen molar-refractivity contribution < 1.29 is 23.5 Å². The molecule has 0 N–H and O–H groups in total. The van der Waals surface area contributed by atoms with Gasteiger partial charge in [-0.15, -0.1) is 4.37 Å². The number of rotatable bonds is 11. The van der Waals surface area contributed by atoms with Crippen molar-refractivity contribution in [1.29, 1.82) is 0 Å². The Morgan fingerprint density at radius 3 is 2.72 bits per heavy atom. The molecule has 1 aliphatic heterocycles. The Labute approximate surface area is 179 Å². The fourth-order valence-corrected chi connectivity index (χ4v) is 4.39. The van der Waals surface area contributed by atoms with E-state index in [1.54, 1.807) is 6.92 Å². The number of unbranched alkanes of at least 4 members (excludes halogenated alkanes) is 3. The van der Waals surface area contributed by atoms with E-state index >= 15 is 0 Å². The molecule has 7 nitrogen and oxygen atoms in total. The summed E-state index contributed by atoms with van der Waals surface area (Å²) in [5.74, 6) is 0.783. The van der Waals surface area contributed by atoms with Gasteiger partial charge in [-0.05, 0) is 13.3 Å². The SMILES string of the molecule is CCCCCCOc1nsnc1C1=CCC[N+](C)(C(OC(=O)OCC)C(C)C)C1. The molecule has 1 aliphatic rings. The Morgan fingerprint density at radius 2 is 2.03 bits per heavy atom. The second-order valence-corrected chi connectivity index (χ2v) is 8.67.